The number of nitrogens with one attached hydrogen (secondary N) is 2. The first-order chi connectivity index (χ1) is 9.74. The molecule has 0 aliphatic rings. The first kappa shape index (κ1) is 14.1. The summed E-state index contributed by atoms with van der Waals surface area (Å²) in [5.41, 5.74) is 2.25. The van der Waals surface area contributed by atoms with E-state index < -0.39 is 0 Å². The zero-order chi connectivity index (χ0) is 14.4. The highest BCUT2D eigenvalue weighted by Crippen LogP contribution is 2.17. The molecule has 1 amide bonds. The second kappa shape index (κ2) is 6.73. The van der Waals surface area contributed by atoms with E-state index in [-0.39, 0.29) is 19.0 Å². The molecule has 1 aromatic carbocycles. The van der Waals surface area contributed by atoms with Crippen molar-refractivity contribution in [2.24, 2.45) is 0 Å². The van der Waals surface area contributed by atoms with E-state index >= 15 is 0 Å². The molecule has 0 aliphatic carbocycles. The summed E-state index contributed by atoms with van der Waals surface area (Å²) in [5.74, 6) is -0.152. The molecule has 0 unspecified atom stereocenters. The number of nitriles is 1. The fourth-order valence-electron chi connectivity index (χ4n) is 2.12. The topological polar surface area (TPSA) is 69.8 Å². The maximum Gasteiger partial charge on any atom is 0.240 e. The lowest BCUT2D eigenvalue weighted by Gasteiger charge is -2.06. The second-order valence-electron chi connectivity index (χ2n) is 4.55. The van der Waals surface area contributed by atoms with Crippen molar-refractivity contribution in [3.63, 3.8) is 0 Å². The highest BCUT2D eigenvalue weighted by molar-refractivity contribution is 5.83. The second-order valence-corrected chi connectivity index (χ2v) is 4.55. The van der Waals surface area contributed by atoms with Crippen molar-refractivity contribution in [3.05, 3.63) is 36.0 Å². The predicted octanol–water partition coefficient (Wildman–Crippen LogP) is 1.39. The Morgan fingerprint density at radius 1 is 1.40 bits per heavy atom. The van der Waals surface area contributed by atoms with Gasteiger partial charge in [0.25, 0.3) is 0 Å². The number of aromatic nitrogens is 1. The number of benzene rings is 1. The molecule has 0 fully saturated rings. The number of carbonyl (C=O) groups excluding carboxylic acids is 1. The number of nitrogens with zero attached hydrogens (tertiary/aromatic N) is 2. The Morgan fingerprint density at radius 2 is 2.25 bits per heavy atom. The van der Waals surface area contributed by atoms with E-state index in [2.05, 4.69) is 29.7 Å². The van der Waals surface area contributed by atoms with Gasteiger partial charge in [-0.15, -0.1) is 0 Å². The third kappa shape index (κ3) is 3.37. The maximum atomic E-state index is 11.6. The van der Waals surface area contributed by atoms with Crippen molar-refractivity contribution < 1.29 is 4.79 Å². The minimum absolute atomic E-state index is 0.0465. The van der Waals surface area contributed by atoms with Crippen LogP contribution in [0.15, 0.2) is 30.5 Å². The van der Waals surface area contributed by atoms with Gasteiger partial charge in [0.05, 0.1) is 6.07 Å². The molecule has 0 saturated carbocycles. The van der Waals surface area contributed by atoms with Crippen LogP contribution in [0.5, 0.6) is 0 Å². The lowest BCUT2D eigenvalue weighted by atomic mass is 10.1. The third-order valence-electron chi connectivity index (χ3n) is 3.09. The van der Waals surface area contributed by atoms with Crippen molar-refractivity contribution >= 4 is 16.8 Å². The Hall–Kier alpha value is -2.32. The molecule has 20 heavy (non-hydrogen) atoms. The Kier molecular flexibility index (Phi) is 4.75. The molecule has 0 saturated heterocycles. The maximum absolute atomic E-state index is 11.6. The van der Waals surface area contributed by atoms with Gasteiger partial charge in [0, 0.05) is 18.3 Å². The summed E-state index contributed by atoms with van der Waals surface area (Å²) in [6.07, 6.45) is 1.90. The summed E-state index contributed by atoms with van der Waals surface area (Å²) in [4.78, 5) is 11.6. The van der Waals surface area contributed by atoms with Gasteiger partial charge >= 0.3 is 0 Å². The molecule has 1 aromatic heterocycles. The Balaban J connectivity index is 2.12. The minimum atomic E-state index is -0.152. The highest BCUT2D eigenvalue weighted by atomic mass is 16.1. The van der Waals surface area contributed by atoms with Crippen LogP contribution in [0.2, 0.25) is 0 Å². The molecular weight excluding hydrogens is 252 g/mol. The first-order valence-corrected chi connectivity index (χ1v) is 6.66. The fraction of sp³-hybridized carbons (Fsp3) is 0.333. The third-order valence-corrected chi connectivity index (χ3v) is 3.09. The van der Waals surface area contributed by atoms with E-state index in [4.69, 9.17) is 5.26 Å². The molecule has 0 atom stereocenters. The van der Waals surface area contributed by atoms with E-state index in [0.29, 0.717) is 0 Å². The zero-order valence-corrected chi connectivity index (χ0v) is 11.5. The van der Waals surface area contributed by atoms with E-state index in [1.807, 2.05) is 29.0 Å². The SMILES string of the molecule is CCNCc1ccc2c(ccn2CC(=O)NCC#N)c1. The quantitative estimate of drug-likeness (QED) is 0.779. The largest absolute Gasteiger partial charge is 0.341 e. The van der Waals surface area contributed by atoms with E-state index in [0.717, 1.165) is 24.0 Å². The van der Waals surface area contributed by atoms with Gasteiger partial charge in [0.15, 0.2) is 0 Å². The van der Waals surface area contributed by atoms with Crippen LogP contribution in [0, 0.1) is 11.3 Å². The molecule has 0 radical (unpaired) electrons. The van der Waals surface area contributed by atoms with Crippen LogP contribution in [-0.4, -0.2) is 23.6 Å². The van der Waals surface area contributed by atoms with Crippen LogP contribution in [0.4, 0.5) is 0 Å². The van der Waals surface area contributed by atoms with E-state index in [9.17, 15) is 4.79 Å². The first-order valence-electron chi connectivity index (χ1n) is 6.66. The van der Waals surface area contributed by atoms with Gasteiger partial charge in [-0.25, -0.2) is 0 Å². The van der Waals surface area contributed by atoms with Crippen LogP contribution >= 0.6 is 0 Å². The van der Waals surface area contributed by atoms with E-state index in [1.165, 1.54) is 5.56 Å². The minimum Gasteiger partial charge on any atom is -0.341 e. The normalized spacial score (nSPS) is 10.4. The lowest BCUT2D eigenvalue weighted by Crippen LogP contribution is -2.27. The Labute approximate surface area is 118 Å². The fourth-order valence-corrected chi connectivity index (χ4v) is 2.12. The van der Waals surface area contributed by atoms with Gasteiger partial charge in [-0.05, 0) is 35.7 Å². The summed E-state index contributed by atoms with van der Waals surface area (Å²) >= 11 is 0. The van der Waals surface area contributed by atoms with Crippen LogP contribution in [0.25, 0.3) is 10.9 Å². The summed E-state index contributed by atoms with van der Waals surface area (Å²) in [6, 6.07) is 10.1. The Bertz CT molecular complexity index is 639. The van der Waals surface area contributed by atoms with Gasteiger partial charge in [-0.3, -0.25) is 4.79 Å². The van der Waals surface area contributed by atoms with Gasteiger partial charge in [-0.1, -0.05) is 13.0 Å². The van der Waals surface area contributed by atoms with Gasteiger partial charge < -0.3 is 15.2 Å². The van der Waals surface area contributed by atoms with Gasteiger partial charge in [0.2, 0.25) is 5.91 Å². The van der Waals surface area contributed by atoms with Crippen LogP contribution < -0.4 is 10.6 Å². The molecular formula is C15H18N4O. The van der Waals surface area contributed by atoms with E-state index in [1.54, 1.807) is 0 Å². The Morgan fingerprint density at radius 3 is 3.00 bits per heavy atom. The molecule has 0 aliphatic heterocycles. The van der Waals surface area contributed by atoms with Crippen molar-refractivity contribution in [1.82, 2.24) is 15.2 Å². The molecule has 5 nitrogen and oxygen atoms in total. The summed E-state index contributed by atoms with van der Waals surface area (Å²) in [7, 11) is 0. The summed E-state index contributed by atoms with van der Waals surface area (Å²) in [6.45, 7) is 4.15. The standard InChI is InChI=1S/C15H18N4O/c1-2-17-10-12-3-4-14-13(9-12)5-8-19(14)11-15(20)18-7-6-16/h3-5,8-9,17H,2,7,10-11H2,1H3,(H,18,20). The molecule has 0 bridgehead atoms. The average Bonchev–Trinajstić information content (AvgIpc) is 2.85. The smallest absolute Gasteiger partial charge is 0.240 e. The molecule has 1 heterocycles. The molecule has 5 heteroatoms. The highest BCUT2D eigenvalue weighted by Gasteiger charge is 2.06. The monoisotopic (exact) mass is 270 g/mol. The van der Waals surface area contributed by atoms with Gasteiger partial charge in [-0.2, -0.15) is 5.26 Å². The lowest BCUT2D eigenvalue weighted by molar-refractivity contribution is -0.121. The number of hydrogen-bond acceptors (Lipinski definition) is 3. The zero-order valence-electron chi connectivity index (χ0n) is 11.5. The number of fused-ring (bicyclic) bond motifs is 1. The number of amides is 1. The molecule has 104 valence electrons. The molecule has 2 rings (SSSR count). The van der Waals surface area contributed by atoms with Crippen molar-refractivity contribution in [3.8, 4) is 6.07 Å². The van der Waals surface area contributed by atoms with Crippen molar-refractivity contribution in [2.45, 2.75) is 20.0 Å². The van der Waals surface area contributed by atoms with Crippen LogP contribution in [0.3, 0.4) is 0 Å². The van der Waals surface area contributed by atoms with Crippen molar-refractivity contribution in [1.29, 1.82) is 5.26 Å². The average molecular weight is 270 g/mol. The number of carbonyl (C=O) groups is 1. The van der Waals surface area contributed by atoms with Gasteiger partial charge in [0.1, 0.15) is 13.1 Å². The predicted molar refractivity (Wildman–Crippen MR) is 77.9 cm³/mol. The molecule has 2 aromatic rings. The number of hydrogen-bond donors (Lipinski definition) is 2. The van der Waals surface area contributed by atoms with Crippen molar-refractivity contribution in [2.75, 3.05) is 13.1 Å². The molecule has 2 N–H and O–H groups in total. The summed E-state index contributed by atoms with van der Waals surface area (Å²) in [5, 5.41) is 15.4. The number of rotatable bonds is 6. The van der Waals surface area contributed by atoms with Crippen LogP contribution in [-0.2, 0) is 17.9 Å². The summed E-state index contributed by atoms with van der Waals surface area (Å²) < 4.78 is 1.89. The molecule has 0 spiro atoms. The van der Waals surface area contributed by atoms with Crippen LogP contribution in [0.1, 0.15) is 12.5 Å².